The SMILES string of the molecule is C=C/C=C(/c1ccc(C(=C)C)s1)c1nc(C(=C)c2cc(C(/C=C(\C=C)CNCc3ccccc3)=C/C)ccc2N)[nH]c1C.CC. The van der Waals surface area contributed by atoms with Gasteiger partial charge in [-0.1, -0.05) is 107 Å². The fourth-order valence-corrected chi connectivity index (χ4v) is 5.72. The topological polar surface area (TPSA) is 66.7 Å². The summed E-state index contributed by atoms with van der Waals surface area (Å²) in [5.74, 6) is 0.678. The van der Waals surface area contributed by atoms with E-state index in [2.05, 4.69) is 91.2 Å². The molecule has 2 aromatic carbocycles. The summed E-state index contributed by atoms with van der Waals surface area (Å²) < 4.78 is 0. The number of aromatic nitrogens is 2. The number of thiophene rings is 1. The molecule has 0 bridgehead atoms. The van der Waals surface area contributed by atoms with Crippen molar-refractivity contribution in [3.63, 3.8) is 0 Å². The average Bonchev–Trinajstić information content (AvgIpc) is 3.71. The first kappa shape index (κ1) is 34.8. The maximum absolute atomic E-state index is 6.50. The molecule has 0 unspecified atom stereocenters. The molecule has 0 aliphatic heterocycles. The van der Waals surface area contributed by atoms with Crippen molar-refractivity contribution in [2.75, 3.05) is 12.3 Å². The van der Waals surface area contributed by atoms with E-state index in [9.17, 15) is 0 Å². The van der Waals surface area contributed by atoms with E-state index in [4.69, 9.17) is 10.7 Å². The van der Waals surface area contributed by atoms with Gasteiger partial charge in [0.15, 0.2) is 0 Å². The lowest BCUT2D eigenvalue weighted by Gasteiger charge is -2.12. The number of nitrogens with two attached hydrogens (primary N) is 1. The zero-order valence-electron chi connectivity index (χ0n) is 27.3. The van der Waals surface area contributed by atoms with Crippen LogP contribution in [0, 0.1) is 6.92 Å². The van der Waals surface area contributed by atoms with Gasteiger partial charge >= 0.3 is 0 Å². The summed E-state index contributed by atoms with van der Waals surface area (Å²) in [5.41, 5.74) is 17.0. The number of anilines is 1. The first-order valence-electron chi connectivity index (χ1n) is 15.2. The summed E-state index contributed by atoms with van der Waals surface area (Å²) in [5, 5.41) is 3.51. The number of hydrogen-bond donors (Lipinski definition) is 3. The van der Waals surface area contributed by atoms with E-state index < -0.39 is 0 Å². The van der Waals surface area contributed by atoms with E-state index >= 15 is 0 Å². The van der Waals surface area contributed by atoms with Crippen LogP contribution in [0.25, 0.3) is 22.3 Å². The largest absolute Gasteiger partial charge is 0.398 e. The van der Waals surface area contributed by atoms with Gasteiger partial charge in [0, 0.05) is 50.9 Å². The predicted molar refractivity (Wildman–Crippen MR) is 200 cm³/mol. The lowest BCUT2D eigenvalue weighted by Crippen LogP contribution is -2.15. The van der Waals surface area contributed by atoms with Crippen LogP contribution in [0.4, 0.5) is 5.69 Å². The van der Waals surface area contributed by atoms with Gasteiger partial charge in [0.1, 0.15) is 5.82 Å². The molecule has 0 fully saturated rings. The average molecular weight is 615 g/mol. The van der Waals surface area contributed by atoms with Gasteiger partial charge in [0.25, 0.3) is 0 Å². The minimum absolute atomic E-state index is 0.642. The summed E-state index contributed by atoms with van der Waals surface area (Å²) >= 11 is 1.69. The molecule has 4 rings (SSSR count). The normalized spacial score (nSPS) is 11.9. The van der Waals surface area contributed by atoms with E-state index in [1.165, 1.54) is 5.56 Å². The lowest BCUT2D eigenvalue weighted by atomic mass is 9.96. The highest BCUT2D eigenvalue weighted by atomic mass is 32.1. The molecular formula is C40H46N4S. The summed E-state index contributed by atoms with van der Waals surface area (Å²) in [6.45, 7) is 28.0. The molecular weight excluding hydrogens is 569 g/mol. The van der Waals surface area contributed by atoms with Crippen LogP contribution in [0.15, 0.2) is 123 Å². The van der Waals surface area contributed by atoms with Gasteiger partial charge in [-0.25, -0.2) is 4.98 Å². The highest BCUT2D eigenvalue weighted by Crippen LogP contribution is 2.35. The van der Waals surface area contributed by atoms with Gasteiger partial charge in [-0.15, -0.1) is 11.3 Å². The van der Waals surface area contributed by atoms with Crippen LogP contribution in [0.5, 0.6) is 0 Å². The second-order valence-corrected chi connectivity index (χ2v) is 11.4. The smallest absolute Gasteiger partial charge is 0.138 e. The van der Waals surface area contributed by atoms with Crippen molar-refractivity contribution in [1.82, 2.24) is 15.3 Å². The highest BCUT2D eigenvalue weighted by Gasteiger charge is 2.18. The zero-order chi connectivity index (χ0) is 32.9. The quantitative estimate of drug-likeness (QED) is 0.104. The Morgan fingerprint density at radius 1 is 1.02 bits per heavy atom. The van der Waals surface area contributed by atoms with Crippen LogP contribution in [0.1, 0.15) is 71.4 Å². The molecule has 0 saturated carbocycles. The maximum atomic E-state index is 6.50. The molecule has 0 radical (unpaired) electrons. The van der Waals surface area contributed by atoms with E-state index in [0.717, 1.165) is 66.7 Å². The Kier molecular flexibility index (Phi) is 13.1. The Balaban J connectivity index is 0.00000271. The molecule has 0 aliphatic rings. The Labute approximate surface area is 273 Å². The van der Waals surface area contributed by atoms with Crippen molar-refractivity contribution in [2.24, 2.45) is 0 Å². The summed E-state index contributed by atoms with van der Waals surface area (Å²) in [7, 11) is 0. The summed E-state index contributed by atoms with van der Waals surface area (Å²) in [6.07, 6.45) is 9.94. The van der Waals surface area contributed by atoms with Crippen LogP contribution in [-0.2, 0) is 6.54 Å². The van der Waals surface area contributed by atoms with Crippen LogP contribution in [0.2, 0.25) is 0 Å². The molecule has 4 nitrogen and oxygen atoms in total. The number of imidazole rings is 1. The molecule has 45 heavy (non-hydrogen) atoms. The van der Waals surface area contributed by atoms with Crippen molar-refractivity contribution in [3.8, 4) is 0 Å². The van der Waals surface area contributed by atoms with Crippen molar-refractivity contribution < 1.29 is 0 Å². The van der Waals surface area contributed by atoms with Crippen molar-refractivity contribution >= 4 is 39.3 Å². The lowest BCUT2D eigenvalue weighted by molar-refractivity contribution is 0.747. The third-order valence-corrected chi connectivity index (χ3v) is 8.41. The minimum atomic E-state index is 0.642. The molecule has 0 aliphatic carbocycles. The molecule has 0 spiro atoms. The van der Waals surface area contributed by atoms with Crippen molar-refractivity contribution in [1.29, 1.82) is 0 Å². The Hall–Kier alpha value is -4.71. The van der Waals surface area contributed by atoms with E-state index in [1.807, 2.05) is 65.0 Å². The van der Waals surface area contributed by atoms with Crippen molar-refractivity contribution in [2.45, 2.75) is 41.2 Å². The summed E-state index contributed by atoms with van der Waals surface area (Å²) in [4.78, 5) is 10.7. The Morgan fingerprint density at radius 3 is 2.36 bits per heavy atom. The second kappa shape index (κ2) is 17.0. The molecule has 4 N–H and O–H groups in total. The number of allylic oxidation sites excluding steroid dienone is 6. The fraction of sp³-hybridized carbons (Fsp3) is 0.175. The number of benzene rings is 2. The van der Waals surface area contributed by atoms with Gasteiger partial charge in [-0.3, -0.25) is 0 Å². The second-order valence-electron chi connectivity index (χ2n) is 10.4. The summed E-state index contributed by atoms with van der Waals surface area (Å²) in [6, 6.07) is 20.6. The van der Waals surface area contributed by atoms with E-state index in [-0.39, 0.29) is 0 Å². The van der Waals surface area contributed by atoms with E-state index in [1.54, 1.807) is 17.4 Å². The molecule has 4 aromatic rings. The van der Waals surface area contributed by atoms with Crippen molar-refractivity contribution in [3.05, 3.63) is 167 Å². The maximum Gasteiger partial charge on any atom is 0.138 e. The number of rotatable bonds is 13. The number of aromatic amines is 1. The first-order chi connectivity index (χ1) is 21.7. The van der Waals surface area contributed by atoms with Gasteiger partial charge < -0.3 is 16.0 Å². The van der Waals surface area contributed by atoms with Crippen LogP contribution in [-0.4, -0.2) is 16.5 Å². The number of H-pyrrole nitrogens is 1. The zero-order valence-corrected chi connectivity index (χ0v) is 28.2. The van der Waals surface area contributed by atoms with Crippen LogP contribution in [0.3, 0.4) is 0 Å². The van der Waals surface area contributed by atoms with E-state index in [0.29, 0.717) is 18.1 Å². The highest BCUT2D eigenvalue weighted by molar-refractivity contribution is 7.14. The molecule has 2 aromatic heterocycles. The predicted octanol–water partition coefficient (Wildman–Crippen LogP) is 10.4. The van der Waals surface area contributed by atoms with Crippen LogP contribution >= 0.6 is 11.3 Å². The standard InChI is InChI=1S/C38H40N4S.C2H6/c1-8-14-32(36-20-19-35(43-36)25(4)5)37-27(7)41-38(42-37)26(6)33-22-31(17-18-34(33)39)30(10-3)21-28(9-2)23-40-24-29-15-12-11-13-16-29;1-2/h8-22,40H,1-2,4,6,23-24,39H2,3,5,7H3,(H,41,42);1-2H3/b28-21+,30-10+,32-14-;. The third kappa shape index (κ3) is 8.91. The number of aryl methyl sites for hydroxylation is 1. The number of nitrogen functional groups attached to an aromatic ring is 1. The van der Waals surface area contributed by atoms with Gasteiger partial charge in [-0.2, -0.15) is 0 Å². The van der Waals surface area contributed by atoms with Gasteiger partial charge in [0.05, 0.1) is 5.69 Å². The fourth-order valence-electron chi connectivity index (χ4n) is 4.76. The number of nitrogens with zero attached hydrogens (tertiary/aromatic N) is 1. The van der Waals surface area contributed by atoms with Gasteiger partial charge in [-0.05, 0) is 72.9 Å². The molecule has 0 saturated heterocycles. The molecule has 2 heterocycles. The Bertz CT molecular complexity index is 1740. The molecule has 0 atom stereocenters. The Morgan fingerprint density at radius 2 is 1.73 bits per heavy atom. The molecule has 5 heteroatoms. The third-order valence-electron chi connectivity index (χ3n) is 7.13. The van der Waals surface area contributed by atoms with Gasteiger partial charge in [0.2, 0.25) is 0 Å². The molecule has 232 valence electrons. The van der Waals surface area contributed by atoms with Crippen LogP contribution < -0.4 is 11.1 Å². The number of nitrogens with one attached hydrogen (secondary N) is 2. The monoisotopic (exact) mass is 614 g/mol. The first-order valence-corrected chi connectivity index (χ1v) is 16.1. The number of hydrogen-bond acceptors (Lipinski definition) is 4. The molecule has 0 amide bonds. The minimum Gasteiger partial charge on any atom is -0.398 e.